The van der Waals surface area contributed by atoms with Gasteiger partial charge in [-0.3, -0.25) is 4.79 Å². The largest absolute Gasteiger partial charge is 0.396 e. The third-order valence-electron chi connectivity index (χ3n) is 3.36. The molecule has 0 radical (unpaired) electrons. The molecule has 2 nitrogen and oxygen atoms in total. The number of carbonyl (C=O) groups is 1. The molecular weight excluding hydrogens is 236 g/mol. The van der Waals surface area contributed by atoms with Crippen molar-refractivity contribution in [2.24, 2.45) is 0 Å². The summed E-state index contributed by atoms with van der Waals surface area (Å²) in [6.45, 7) is 0.313. The Bertz CT molecular complexity index is 332. The van der Waals surface area contributed by atoms with Gasteiger partial charge in [0.2, 0.25) is 0 Å². The molecule has 0 aromatic heterocycles. The summed E-state index contributed by atoms with van der Waals surface area (Å²) in [7, 11) is 0. The molecule has 1 N–H and O–H groups in total. The first-order valence-corrected chi connectivity index (χ1v) is 7.49. The summed E-state index contributed by atoms with van der Waals surface area (Å²) < 4.78 is 0. The average Bonchev–Trinajstić information content (AvgIpc) is 2.43. The lowest BCUT2D eigenvalue weighted by molar-refractivity contribution is -0.118. The number of unbranched alkanes of at least 4 members (excludes halogenated alkanes) is 6. The molecule has 0 aliphatic carbocycles. The van der Waals surface area contributed by atoms with E-state index in [4.69, 9.17) is 5.11 Å². The van der Waals surface area contributed by atoms with Crippen LogP contribution in [0.25, 0.3) is 0 Å². The van der Waals surface area contributed by atoms with E-state index in [2.05, 4.69) is 0 Å². The molecule has 0 heterocycles. The first-order valence-electron chi connectivity index (χ1n) is 7.49. The molecular formula is C17H26O2. The van der Waals surface area contributed by atoms with Gasteiger partial charge < -0.3 is 5.11 Å². The maximum Gasteiger partial charge on any atom is 0.137 e. The van der Waals surface area contributed by atoms with E-state index in [9.17, 15) is 4.79 Å². The summed E-state index contributed by atoms with van der Waals surface area (Å²) in [4.78, 5) is 11.8. The molecule has 106 valence electrons. The molecule has 0 fully saturated rings. The number of aliphatic hydroxyl groups excluding tert-OH is 1. The molecule has 0 spiro atoms. The van der Waals surface area contributed by atoms with E-state index in [0.29, 0.717) is 25.2 Å². The molecule has 1 rings (SSSR count). The lowest BCUT2D eigenvalue weighted by Gasteiger charge is -2.02. The molecule has 0 unspecified atom stereocenters. The van der Waals surface area contributed by atoms with Gasteiger partial charge in [-0.25, -0.2) is 0 Å². The number of aliphatic hydroxyl groups is 1. The number of carbonyl (C=O) groups excluding carboxylic acids is 1. The van der Waals surface area contributed by atoms with Crippen LogP contribution in [0.3, 0.4) is 0 Å². The fourth-order valence-electron chi connectivity index (χ4n) is 2.23. The summed E-state index contributed by atoms with van der Waals surface area (Å²) in [5.41, 5.74) is 1.12. The van der Waals surface area contributed by atoms with Crippen LogP contribution < -0.4 is 0 Å². The fraction of sp³-hybridized carbons (Fsp3) is 0.588. The highest BCUT2D eigenvalue weighted by molar-refractivity contribution is 5.80. The molecule has 19 heavy (non-hydrogen) atoms. The van der Waals surface area contributed by atoms with Crippen LogP contribution in [0.15, 0.2) is 30.3 Å². The lowest BCUT2D eigenvalue weighted by Crippen LogP contribution is -2.02. The van der Waals surface area contributed by atoms with Crippen LogP contribution in [-0.2, 0) is 11.2 Å². The van der Waals surface area contributed by atoms with E-state index in [1.165, 1.54) is 19.3 Å². The summed E-state index contributed by atoms with van der Waals surface area (Å²) >= 11 is 0. The van der Waals surface area contributed by atoms with Crippen molar-refractivity contribution in [2.75, 3.05) is 6.61 Å². The van der Waals surface area contributed by atoms with Crippen LogP contribution in [0.1, 0.15) is 56.9 Å². The highest BCUT2D eigenvalue weighted by atomic mass is 16.2. The van der Waals surface area contributed by atoms with Crippen molar-refractivity contribution >= 4 is 5.78 Å². The van der Waals surface area contributed by atoms with E-state index in [1.807, 2.05) is 30.3 Å². The Morgan fingerprint density at radius 1 is 0.842 bits per heavy atom. The summed E-state index contributed by atoms with van der Waals surface area (Å²) in [5, 5.41) is 8.65. The predicted octanol–water partition coefficient (Wildman–Crippen LogP) is 3.91. The van der Waals surface area contributed by atoms with Gasteiger partial charge in [-0.2, -0.15) is 0 Å². The molecule has 0 aliphatic heterocycles. The number of Topliss-reactive ketones (excluding diaryl/α,β-unsaturated/α-hetero) is 1. The number of hydrogen-bond donors (Lipinski definition) is 1. The quantitative estimate of drug-likeness (QED) is 0.614. The molecule has 0 bridgehead atoms. The normalized spacial score (nSPS) is 10.6. The second kappa shape index (κ2) is 10.7. The zero-order chi connectivity index (χ0) is 13.8. The minimum Gasteiger partial charge on any atom is -0.396 e. The van der Waals surface area contributed by atoms with Crippen LogP contribution in [0.2, 0.25) is 0 Å². The smallest absolute Gasteiger partial charge is 0.137 e. The van der Waals surface area contributed by atoms with Crippen LogP contribution in [0, 0.1) is 0 Å². The van der Waals surface area contributed by atoms with Gasteiger partial charge in [0, 0.05) is 19.4 Å². The van der Waals surface area contributed by atoms with Crippen LogP contribution >= 0.6 is 0 Å². The van der Waals surface area contributed by atoms with Gasteiger partial charge in [0.25, 0.3) is 0 Å². The monoisotopic (exact) mass is 262 g/mol. The first-order chi connectivity index (χ1) is 9.33. The zero-order valence-corrected chi connectivity index (χ0v) is 11.8. The zero-order valence-electron chi connectivity index (χ0n) is 11.8. The molecule has 0 aliphatic rings. The van der Waals surface area contributed by atoms with E-state index in [-0.39, 0.29) is 0 Å². The van der Waals surface area contributed by atoms with Crippen molar-refractivity contribution in [1.29, 1.82) is 0 Å². The lowest BCUT2D eigenvalue weighted by atomic mass is 10.0. The van der Waals surface area contributed by atoms with Crippen molar-refractivity contribution in [2.45, 2.75) is 57.8 Å². The first kappa shape index (κ1) is 15.9. The van der Waals surface area contributed by atoms with Gasteiger partial charge in [-0.15, -0.1) is 0 Å². The van der Waals surface area contributed by atoms with Crippen molar-refractivity contribution in [1.82, 2.24) is 0 Å². The minimum absolute atomic E-state index is 0.313. The van der Waals surface area contributed by atoms with Gasteiger partial charge >= 0.3 is 0 Å². The van der Waals surface area contributed by atoms with E-state index >= 15 is 0 Å². The Kier molecular flexibility index (Phi) is 8.99. The molecule has 0 saturated carbocycles. The van der Waals surface area contributed by atoms with Gasteiger partial charge in [0.05, 0.1) is 0 Å². The van der Waals surface area contributed by atoms with Gasteiger partial charge in [-0.1, -0.05) is 62.4 Å². The Hall–Kier alpha value is -1.15. The number of hydrogen-bond acceptors (Lipinski definition) is 2. The molecule has 2 heteroatoms. The molecule has 1 aromatic carbocycles. The SMILES string of the molecule is O=C(CCCCCCCCCO)Cc1ccccc1. The summed E-state index contributed by atoms with van der Waals surface area (Å²) in [5.74, 6) is 0.353. The predicted molar refractivity (Wildman–Crippen MR) is 79.2 cm³/mol. The van der Waals surface area contributed by atoms with Crippen LogP contribution in [0.5, 0.6) is 0 Å². The molecule has 0 saturated heterocycles. The fourth-order valence-corrected chi connectivity index (χ4v) is 2.23. The van der Waals surface area contributed by atoms with Crippen LogP contribution in [-0.4, -0.2) is 17.5 Å². The van der Waals surface area contributed by atoms with Gasteiger partial charge in [0.1, 0.15) is 5.78 Å². The van der Waals surface area contributed by atoms with E-state index in [0.717, 1.165) is 31.2 Å². The third kappa shape index (κ3) is 8.55. The van der Waals surface area contributed by atoms with Crippen molar-refractivity contribution in [3.63, 3.8) is 0 Å². The number of rotatable bonds is 11. The van der Waals surface area contributed by atoms with Crippen molar-refractivity contribution < 1.29 is 9.90 Å². The van der Waals surface area contributed by atoms with Crippen LogP contribution in [0.4, 0.5) is 0 Å². The highest BCUT2D eigenvalue weighted by Gasteiger charge is 2.03. The topological polar surface area (TPSA) is 37.3 Å². The highest BCUT2D eigenvalue weighted by Crippen LogP contribution is 2.10. The minimum atomic E-state index is 0.313. The molecule has 1 aromatic rings. The number of benzene rings is 1. The Morgan fingerprint density at radius 3 is 2.05 bits per heavy atom. The summed E-state index contributed by atoms with van der Waals surface area (Å²) in [6.07, 6.45) is 9.17. The Labute approximate surface area is 116 Å². The standard InChI is InChI=1S/C17H26O2/c18-14-10-5-3-1-2-4-9-13-17(19)15-16-11-7-6-8-12-16/h6-8,11-12,18H,1-5,9-10,13-15H2. The summed E-state index contributed by atoms with van der Waals surface area (Å²) in [6, 6.07) is 9.97. The van der Waals surface area contributed by atoms with Crippen molar-refractivity contribution in [3.05, 3.63) is 35.9 Å². The maximum atomic E-state index is 11.8. The van der Waals surface area contributed by atoms with Gasteiger partial charge in [-0.05, 0) is 18.4 Å². The Morgan fingerprint density at radius 2 is 1.42 bits per heavy atom. The second-order valence-corrected chi connectivity index (χ2v) is 5.15. The average molecular weight is 262 g/mol. The Balaban J connectivity index is 1.96. The molecule has 0 atom stereocenters. The second-order valence-electron chi connectivity index (χ2n) is 5.15. The molecule has 0 amide bonds. The number of ketones is 1. The van der Waals surface area contributed by atoms with Gasteiger partial charge in [0.15, 0.2) is 0 Å². The maximum absolute atomic E-state index is 11.8. The third-order valence-corrected chi connectivity index (χ3v) is 3.36. The van der Waals surface area contributed by atoms with E-state index in [1.54, 1.807) is 0 Å². The van der Waals surface area contributed by atoms with E-state index < -0.39 is 0 Å². The van der Waals surface area contributed by atoms with Crippen molar-refractivity contribution in [3.8, 4) is 0 Å².